The average Bonchev–Trinajstić information content (AvgIpc) is 2.85. The number of benzene rings is 4. The van der Waals surface area contributed by atoms with E-state index >= 15 is 0 Å². The van der Waals surface area contributed by atoms with E-state index in [2.05, 4.69) is 15.5 Å². The van der Waals surface area contributed by atoms with E-state index in [1.807, 2.05) is 0 Å². The molecule has 4 aromatic carbocycles. The van der Waals surface area contributed by atoms with E-state index < -0.39 is 26.7 Å². The molecule has 13 heteroatoms. The van der Waals surface area contributed by atoms with Crippen molar-refractivity contribution in [3.63, 3.8) is 0 Å². The van der Waals surface area contributed by atoms with Gasteiger partial charge in [0.25, 0.3) is 16.0 Å². The summed E-state index contributed by atoms with van der Waals surface area (Å²) < 4.78 is 37.9. The number of halogens is 2. The molecule has 0 aliphatic carbocycles. The van der Waals surface area contributed by atoms with Gasteiger partial charge in [0.15, 0.2) is 0 Å². The van der Waals surface area contributed by atoms with Crippen LogP contribution in [-0.2, 0) is 10.1 Å². The van der Waals surface area contributed by atoms with Crippen molar-refractivity contribution in [2.24, 2.45) is 10.2 Å². The molecule has 0 aromatic heterocycles. The summed E-state index contributed by atoms with van der Waals surface area (Å²) in [7, 11) is -3.12. The third-order valence-corrected chi connectivity index (χ3v) is 6.95. The Bertz CT molecular complexity index is 1700. The zero-order valence-electron chi connectivity index (χ0n) is 20.3. The normalized spacial score (nSPS) is 11.4. The molecule has 2 N–H and O–H groups in total. The third-order valence-electron chi connectivity index (χ3n) is 5.40. The van der Waals surface area contributed by atoms with Gasteiger partial charge in [-0.25, -0.2) is 0 Å². The molecule has 0 bridgehead atoms. The molecule has 4 rings (SSSR count). The maximum atomic E-state index is 13.4. The van der Waals surface area contributed by atoms with Crippen LogP contribution in [0.25, 0.3) is 10.8 Å². The fraction of sp³-hybridized carbons (Fsp3) is 0.0800. The molecular formula is C25H18Cl2N3NaO6S. The zero-order valence-corrected chi connectivity index (χ0v) is 24.6. The van der Waals surface area contributed by atoms with Gasteiger partial charge in [0.2, 0.25) is 0 Å². The number of fused-ring (bicyclic) bond motifs is 1. The van der Waals surface area contributed by atoms with Crippen molar-refractivity contribution in [2.75, 3.05) is 12.4 Å². The Morgan fingerprint density at radius 1 is 1.05 bits per heavy atom. The molecule has 4 aromatic rings. The van der Waals surface area contributed by atoms with E-state index in [0.717, 1.165) is 6.07 Å². The number of aryl methyl sites for hydroxylation is 1. The van der Waals surface area contributed by atoms with Crippen molar-refractivity contribution in [3.8, 4) is 11.5 Å². The van der Waals surface area contributed by atoms with Crippen LogP contribution in [0.1, 0.15) is 15.9 Å². The summed E-state index contributed by atoms with van der Waals surface area (Å²) >= 11 is 12.2. The van der Waals surface area contributed by atoms with E-state index in [9.17, 15) is 22.9 Å². The molecule has 0 fully saturated rings. The fourth-order valence-corrected chi connectivity index (χ4v) is 4.47. The van der Waals surface area contributed by atoms with Gasteiger partial charge >= 0.3 is 29.6 Å². The molecule has 0 heterocycles. The second-order valence-corrected chi connectivity index (χ2v) is 10.1. The van der Waals surface area contributed by atoms with E-state index in [4.69, 9.17) is 27.9 Å². The largest absolute Gasteiger partial charge is 1.00 e. The number of nitrogens with one attached hydrogen (secondary N) is 1. The van der Waals surface area contributed by atoms with E-state index in [0.29, 0.717) is 32.8 Å². The number of methoxy groups -OCH3 is 1. The van der Waals surface area contributed by atoms with Gasteiger partial charge < -0.3 is 15.2 Å². The van der Waals surface area contributed by atoms with Crippen LogP contribution in [0.3, 0.4) is 0 Å². The smallest absolute Gasteiger partial charge is 0.870 e. The maximum absolute atomic E-state index is 13.4. The second kappa shape index (κ2) is 12.0. The van der Waals surface area contributed by atoms with Gasteiger partial charge in [-0.1, -0.05) is 53.2 Å². The number of carbonyl (C=O) groups is 1. The summed E-state index contributed by atoms with van der Waals surface area (Å²) in [5.41, 5.74) is 0.175. The van der Waals surface area contributed by atoms with Crippen LogP contribution in [0.5, 0.6) is 11.5 Å². The molecule has 190 valence electrons. The number of azo groups is 1. The van der Waals surface area contributed by atoms with Gasteiger partial charge in [0.1, 0.15) is 11.4 Å². The predicted molar refractivity (Wildman–Crippen MR) is 140 cm³/mol. The van der Waals surface area contributed by atoms with Crippen molar-refractivity contribution in [3.05, 3.63) is 81.8 Å². The Balaban J connectivity index is 0.00000400. The van der Waals surface area contributed by atoms with Crippen molar-refractivity contribution in [1.29, 1.82) is 0 Å². The molecule has 0 saturated carbocycles. The second-order valence-electron chi connectivity index (χ2n) is 7.87. The molecule has 0 atom stereocenters. The van der Waals surface area contributed by atoms with Gasteiger partial charge in [-0.3, -0.25) is 9.35 Å². The standard InChI is InChI=1S/C25H19Cl2N3O6S.Na/c1-13-9-16(37(33,34)35)12-20(22(13)27)29-30-23-17-6-4-3-5-14(17)10-18(24(23)31)25(32)28-19-8-7-15(26)11-21(19)36-2;/h3-12,31H,1-2H3,(H,28,32)(H,33,34,35);/q;+1/p-1. The van der Waals surface area contributed by atoms with Crippen LogP contribution >= 0.6 is 23.2 Å². The minimum absolute atomic E-state index is 0. The Kier molecular flexibility index (Phi) is 9.43. The maximum Gasteiger partial charge on any atom is 1.00 e. The first kappa shape index (κ1) is 29.9. The molecule has 0 aliphatic heterocycles. The minimum atomic E-state index is -4.54. The number of hydrogen-bond acceptors (Lipinski definition) is 7. The van der Waals surface area contributed by atoms with Crippen LogP contribution in [0.15, 0.2) is 75.8 Å². The molecule has 0 spiro atoms. The van der Waals surface area contributed by atoms with Gasteiger partial charge in [0.05, 0.1) is 28.4 Å². The Labute approximate surface area is 250 Å². The Hall–Kier alpha value is -2.70. The number of ether oxygens (including phenoxy) is 1. The van der Waals surface area contributed by atoms with Crippen LogP contribution in [0.4, 0.5) is 17.1 Å². The average molecular weight is 582 g/mol. The first-order valence-corrected chi connectivity index (χ1v) is 12.8. The minimum Gasteiger partial charge on any atom is -0.870 e. The summed E-state index contributed by atoms with van der Waals surface area (Å²) in [6.07, 6.45) is 0. The number of hydrogen-bond donors (Lipinski definition) is 2. The number of nitrogens with zero attached hydrogens (tertiary/aromatic N) is 2. The quantitative estimate of drug-likeness (QED) is 0.203. The summed E-state index contributed by atoms with van der Waals surface area (Å²) in [6.45, 7) is 1.53. The number of carbonyl (C=O) groups excluding carboxylic acids is 1. The first-order valence-electron chi connectivity index (χ1n) is 10.6. The van der Waals surface area contributed by atoms with Gasteiger partial charge in [-0.15, -0.1) is 5.11 Å². The Morgan fingerprint density at radius 2 is 1.76 bits per heavy atom. The van der Waals surface area contributed by atoms with Crippen molar-refractivity contribution in [2.45, 2.75) is 11.8 Å². The van der Waals surface area contributed by atoms with E-state index in [-0.39, 0.29) is 51.5 Å². The number of rotatable bonds is 6. The van der Waals surface area contributed by atoms with Gasteiger partial charge in [-0.2, -0.15) is 13.5 Å². The molecule has 9 nitrogen and oxygen atoms in total. The first-order chi connectivity index (χ1) is 17.5. The van der Waals surface area contributed by atoms with E-state index in [1.54, 1.807) is 30.3 Å². The van der Waals surface area contributed by atoms with Crippen LogP contribution in [0.2, 0.25) is 10.0 Å². The molecule has 0 unspecified atom stereocenters. The van der Waals surface area contributed by atoms with Crippen molar-refractivity contribution < 1.29 is 57.2 Å². The van der Waals surface area contributed by atoms with Gasteiger partial charge in [-0.05, 0) is 48.2 Å². The van der Waals surface area contributed by atoms with Crippen LogP contribution in [-0.4, -0.2) is 26.0 Å². The third kappa shape index (κ3) is 6.29. The van der Waals surface area contributed by atoms with Crippen molar-refractivity contribution >= 4 is 67.1 Å². The molecule has 0 radical (unpaired) electrons. The van der Waals surface area contributed by atoms with E-state index in [1.165, 1.54) is 38.3 Å². The summed E-state index contributed by atoms with van der Waals surface area (Å²) in [6, 6.07) is 15.0. The summed E-state index contributed by atoms with van der Waals surface area (Å²) in [4.78, 5) is 12.7. The molecular weight excluding hydrogens is 564 g/mol. The van der Waals surface area contributed by atoms with Crippen molar-refractivity contribution in [1.82, 2.24) is 0 Å². The summed E-state index contributed by atoms with van der Waals surface area (Å²) in [5.74, 6) is -1.13. The predicted octanol–water partition coefficient (Wildman–Crippen LogP) is 3.46. The number of amides is 1. The van der Waals surface area contributed by atoms with Crippen LogP contribution in [0, 0.1) is 6.92 Å². The summed E-state index contributed by atoms with van der Waals surface area (Å²) in [5, 5.41) is 25.5. The Morgan fingerprint density at radius 3 is 2.45 bits per heavy atom. The number of anilines is 1. The van der Waals surface area contributed by atoms with Gasteiger partial charge in [0, 0.05) is 22.0 Å². The molecule has 1 amide bonds. The molecule has 0 aliphatic rings. The fourth-order valence-electron chi connectivity index (χ4n) is 3.58. The SMILES string of the molecule is COc1cc(Cl)ccc1NC(=O)c1cc2ccccc2c(N=Nc2cc(S(=O)(=O)O)cc(C)c2Cl)c1[O-].[Na+]. The molecule has 0 saturated heterocycles. The topological polar surface area (TPSA) is 140 Å². The monoisotopic (exact) mass is 581 g/mol. The van der Waals surface area contributed by atoms with Crippen LogP contribution < -0.4 is 44.7 Å². The zero-order chi connectivity index (χ0) is 26.9. The molecule has 38 heavy (non-hydrogen) atoms.